The van der Waals surface area contributed by atoms with Gasteiger partial charge in [-0.15, -0.1) is 0 Å². The molecule has 1 aliphatic heterocycles. The van der Waals surface area contributed by atoms with E-state index >= 15 is 0 Å². The fourth-order valence-corrected chi connectivity index (χ4v) is 4.19. The molecule has 0 saturated heterocycles. The van der Waals surface area contributed by atoms with Crippen LogP contribution in [0.3, 0.4) is 0 Å². The SMILES string of the molecule is CCOc1cc([C@H]2Nc3ccccc3C(=O)N2C2CC2)ccc1OCC(=O)Nc1ccccc1. The highest BCUT2D eigenvalue weighted by atomic mass is 16.5. The predicted molar refractivity (Wildman–Crippen MR) is 130 cm³/mol. The van der Waals surface area contributed by atoms with Gasteiger partial charge in [-0.2, -0.15) is 0 Å². The predicted octanol–water partition coefficient (Wildman–Crippen LogP) is 4.83. The van der Waals surface area contributed by atoms with Crippen LogP contribution in [0.2, 0.25) is 0 Å². The van der Waals surface area contributed by atoms with E-state index in [9.17, 15) is 9.59 Å². The number of amides is 2. The highest BCUT2D eigenvalue weighted by Gasteiger charge is 2.42. The molecule has 0 bridgehead atoms. The van der Waals surface area contributed by atoms with Crippen molar-refractivity contribution >= 4 is 23.2 Å². The Morgan fingerprint density at radius 1 is 1.00 bits per heavy atom. The van der Waals surface area contributed by atoms with Crippen LogP contribution in [-0.2, 0) is 4.79 Å². The molecule has 1 saturated carbocycles. The average Bonchev–Trinajstić information content (AvgIpc) is 3.69. The quantitative estimate of drug-likeness (QED) is 0.506. The minimum atomic E-state index is -0.301. The molecular formula is C27H27N3O4. The molecule has 0 radical (unpaired) electrons. The number of hydrogen-bond acceptors (Lipinski definition) is 5. The lowest BCUT2D eigenvalue weighted by Crippen LogP contribution is -2.44. The van der Waals surface area contributed by atoms with Crippen molar-refractivity contribution in [1.29, 1.82) is 0 Å². The normalized spacial score (nSPS) is 16.9. The molecule has 7 nitrogen and oxygen atoms in total. The molecule has 3 aromatic carbocycles. The molecule has 7 heteroatoms. The first kappa shape index (κ1) is 21.8. The Morgan fingerprint density at radius 2 is 1.76 bits per heavy atom. The number of nitrogens with zero attached hydrogens (tertiary/aromatic N) is 1. The van der Waals surface area contributed by atoms with Crippen molar-refractivity contribution in [2.24, 2.45) is 0 Å². The van der Waals surface area contributed by atoms with E-state index in [4.69, 9.17) is 9.47 Å². The molecule has 3 aromatic rings. The fraction of sp³-hybridized carbons (Fsp3) is 0.259. The van der Waals surface area contributed by atoms with Gasteiger partial charge in [0.2, 0.25) is 0 Å². The number of carbonyl (C=O) groups is 2. The van der Waals surface area contributed by atoms with Gasteiger partial charge in [0, 0.05) is 17.4 Å². The number of rotatable bonds is 8. The molecule has 34 heavy (non-hydrogen) atoms. The summed E-state index contributed by atoms with van der Waals surface area (Å²) in [6.45, 7) is 2.20. The van der Waals surface area contributed by atoms with Crippen LogP contribution in [0.5, 0.6) is 11.5 Å². The summed E-state index contributed by atoms with van der Waals surface area (Å²) in [5, 5.41) is 6.33. The highest BCUT2D eigenvalue weighted by Crippen LogP contribution is 2.42. The molecule has 2 N–H and O–H groups in total. The lowest BCUT2D eigenvalue weighted by molar-refractivity contribution is -0.118. The Kier molecular flexibility index (Phi) is 6.08. The van der Waals surface area contributed by atoms with E-state index in [0.29, 0.717) is 29.4 Å². The zero-order valence-electron chi connectivity index (χ0n) is 19.0. The molecule has 1 atom stereocenters. The molecule has 1 heterocycles. The first-order valence-electron chi connectivity index (χ1n) is 11.6. The van der Waals surface area contributed by atoms with E-state index in [0.717, 1.165) is 24.1 Å². The smallest absolute Gasteiger partial charge is 0.262 e. The standard InChI is InChI=1S/C27H27N3O4/c1-2-33-24-16-18(12-15-23(24)34-17-25(31)28-19-8-4-3-5-9-19)26-29-22-11-7-6-10-21(22)27(32)30(26)20-13-14-20/h3-12,15-16,20,26,29H,2,13-14,17H2,1H3,(H,28,31)/t26-/m0/s1. The van der Waals surface area contributed by atoms with Crippen LogP contribution in [0.15, 0.2) is 72.8 Å². The summed E-state index contributed by atoms with van der Waals surface area (Å²) in [4.78, 5) is 27.5. The molecular weight excluding hydrogens is 430 g/mol. The van der Waals surface area contributed by atoms with Crippen LogP contribution in [0.4, 0.5) is 11.4 Å². The number of benzene rings is 3. The maximum absolute atomic E-state index is 13.3. The monoisotopic (exact) mass is 457 g/mol. The number of nitrogens with one attached hydrogen (secondary N) is 2. The zero-order chi connectivity index (χ0) is 23.5. The second-order valence-corrected chi connectivity index (χ2v) is 8.38. The summed E-state index contributed by atoms with van der Waals surface area (Å²) in [6, 6.07) is 22.7. The molecule has 1 aliphatic carbocycles. The Hall–Kier alpha value is -4.00. The van der Waals surface area contributed by atoms with E-state index in [1.54, 1.807) is 6.07 Å². The van der Waals surface area contributed by atoms with E-state index in [1.165, 1.54) is 0 Å². The van der Waals surface area contributed by atoms with Crippen molar-refractivity contribution in [2.45, 2.75) is 32.0 Å². The summed E-state index contributed by atoms with van der Waals surface area (Å²) in [6.07, 6.45) is 1.70. The largest absolute Gasteiger partial charge is 0.490 e. The van der Waals surface area contributed by atoms with Gasteiger partial charge in [0.25, 0.3) is 11.8 Å². The number of ether oxygens (including phenoxy) is 2. The molecule has 0 aromatic heterocycles. The molecule has 0 spiro atoms. The molecule has 0 unspecified atom stereocenters. The van der Waals surface area contributed by atoms with Crippen molar-refractivity contribution in [3.63, 3.8) is 0 Å². The van der Waals surface area contributed by atoms with Gasteiger partial charge in [0.05, 0.1) is 12.2 Å². The highest BCUT2D eigenvalue weighted by molar-refractivity contribution is 6.02. The number of fused-ring (bicyclic) bond motifs is 1. The van der Waals surface area contributed by atoms with Crippen LogP contribution in [0.25, 0.3) is 0 Å². The van der Waals surface area contributed by atoms with E-state index in [1.807, 2.05) is 78.6 Å². The molecule has 2 aliphatic rings. The third kappa shape index (κ3) is 4.55. The van der Waals surface area contributed by atoms with Gasteiger partial charge < -0.3 is 25.0 Å². The minimum absolute atomic E-state index is 0.0396. The number of anilines is 2. The van der Waals surface area contributed by atoms with E-state index in [2.05, 4.69) is 10.6 Å². The molecule has 1 fully saturated rings. The van der Waals surface area contributed by atoms with Gasteiger partial charge in [-0.3, -0.25) is 9.59 Å². The summed E-state index contributed by atoms with van der Waals surface area (Å²) in [5.41, 5.74) is 3.13. The topological polar surface area (TPSA) is 79.9 Å². The summed E-state index contributed by atoms with van der Waals surface area (Å²) < 4.78 is 11.6. The zero-order valence-corrected chi connectivity index (χ0v) is 19.0. The summed E-state index contributed by atoms with van der Waals surface area (Å²) in [7, 11) is 0. The van der Waals surface area contributed by atoms with E-state index in [-0.39, 0.29) is 30.6 Å². The van der Waals surface area contributed by atoms with Crippen LogP contribution in [-0.4, -0.2) is 36.0 Å². The van der Waals surface area contributed by atoms with Crippen LogP contribution >= 0.6 is 0 Å². The van der Waals surface area contributed by atoms with E-state index < -0.39 is 0 Å². The summed E-state index contributed by atoms with van der Waals surface area (Å²) >= 11 is 0. The molecule has 2 amide bonds. The van der Waals surface area contributed by atoms with Crippen molar-refractivity contribution in [3.05, 3.63) is 83.9 Å². The first-order valence-corrected chi connectivity index (χ1v) is 11.6. The third-order valence-electron chi connectivity index (χ3n) is 5.90. The minimum Gasteiger partial charge on any atom is -0.490 e. The Balaban J connectivity index is 1.36. The van der Waals surface area contributed by atoms with Crippen LogP contribution < -0.4 is 20.1 Å². The number of hydrogen-bond donors (Lipinski definition) is 2. The van der Waals surface area contributed by atoms with Gasteiger partial charge in [-0.1, -0.05) is 36.4 Å². The Labute approximate surface area is 198 Å². The fourth-order valence-electron chi connectivity index (χ4n) is 4.19. The Morgan fingerprint density at radius 3 is 2.53 bits per heavy atom. The lowest BCUT2D eigenvalue weighted by Gasteiger charge is -2.38. The maximum atomic E-state index is 13.3. The van der Waals surface area contributed by atoms with Gasteiger partial charge in [0.1, 0.15) is 6.17 Å². The van der Waals surface area contributed by atoms with Gasteiger partial charge in [-0.05, 0) is 61.7 Å². The molecule has 5 rings (SSSR count). The van der Waals surface area contributed by atoms with Gasteiger partial charge in [-0.25, -0.2) is 0 Å². The maximum Gasteiger partial charge on any atom is 0.262 e. The summed E-state index contributed by atoms with van der Waals surface area (Å²) in [5.74, 6) is 0.803. The second kappa shape index (κ2) is 9.47. The van der Waals surface area contributed by atoms with Crippen LogP contribution in [0.1, 0.15) is 41.9 Å². The average molecular weight is 458 g/mol. The Bertz CT molecular complexity index is 1190. The van der Waals surface area contributed by atoms with Crippen molar-refractivity contribution in [1.82, 2.24) is 4.90 Å². The van der Waals surface area contributed by atoms with Crippen molar-refractivity contribution in [3.8, 4) is 11.5 Å². The van der Waals surface area contributed by atoms with Crippen LogP contribution in [0, 0.1) is 0 Å². The van der Waals surface area contributed by atoms with Gasteiger partial charge >= 0.3 is 0 Å². The second-order valence-electron chi connectivity index (χ2n) is 8.38. The van der Waals surface area contributed by atoms with Gasteiger partial charge in [0.15, 0.2) is 18.1 Å². The number of para-hydroxylation sites is 2. The van der Waals surface area contributed by atoms with Crippen molar-refractivity contribution in [2.75, 3.05) is 23.8 Å². The third-order valence-corrected chi connectivity index (χ3v) is 5.90. The number of carbonyl (C=O) groups excluding carboxylic acids is 2. The first-order chi connectivity index (χ1) is 16.6. The molecule has 174 valence electrons. The van der Waals surface area contributed by atoms with Crippen molar-refractivity contribution < 1.29 is 19.1 Å². The lowest BCUT2D eigenvalue weighted by atomic mass is 10.0.